The summed E-state index contributed by atoms with van der Waals surface area (Å²) < 4.78 is 10.7. The van der Waals surface area contributed by atoms with Crippen LogP contribution >= 0.6 is 0 Å². The molecule has 0 unspecified atom stereocenters. The van der Waals surface area contributed by atoms with Crippen LogP contribution in [0.1, 0.15) is 44.1 Å². The van der Waals surface area contributed by atoms with Gasteiger partial charge in [0.1, 0.15) is 0 Å². The Bertz CT molecular complexity index is 674. The second-order valence-electron chi connectivity index (χ2n) is 8.55. The van der Waals surface area contributed by atoms with Crippen molar-refractivity contribution in [1.82, 2.24) is 5.32 Å². The lowest BCUT2D eigenvalue weighted by atomic mass is 9.49. The lowest BCUT2D eigenvalue weighted by molar-refractivity contribution is -0.118. The van der Waals surface area contributed by atoms with Crippen LogP contribution < -0.4 is 14.8 Å². The van der Waals surface area contributed by atoms with Crippen molar-refractivity contribution in [2.24, 2.45) is 23.2 Å². The molecular formula is C22H29NO3. The molecule has 1 aromatic rings. The van der Waals surface area contributed by atoms with Crippen LogP contribution in [0.5, 0.6) is 11.5 Å². The van der Waals surface area contributed by atoms with E-state index in [-0.39, 0.29) is 5.91 Å². The topological polar surface area (TPSA) is 47.6 Å². The van der Waals surface area contributed by atoms with Crippen LogP contribution in [0.2, 0.25) is 0 Å². The molecular weight excluding hydrogens is 326 g/mol. The third-order valence-corrected chi connectivity index (χ3v) is 6.65. The van der Waals surface area contributed by atoms with Crippen LogP contribution in [0.25, 0.3) is 6.08 Å². The van der Waals surface area contributed by atoms with Crippen molar-refractivity contribution < 1.29 is 14.3 Å². The van der Waals surface area contributed by atoms with Gasteiger partial charge in [0.05, 0.1) is 14.2 Å². The number of nitrogens with one attached hydrogen (secondary N) is 1. The van der Waals surface area contributed by atoms with Gasteiger partial charge in [-0.05, 0) is 73.8 Å². The molecule has 4 nitrogen and oxygen atoms in total. The Balaban J connectivity index is 1.38. The Hall–Kier alpha value is -1.97. The fourth-order valence-electron chi connectivity index (χ4n) is 6.05. The number of carbonyl (C=O) groups is 1. The molecule has 4 aliphatic rings. The van der Waals surface area contributed by atoms with E-state index in [4.69, 9.17) is 9.47 Å². The third-order valence-electron chi connectivity index (χ3n) is 6.65. The van der Waals surface area contributed by atoms with Gasteiger partial charge >= 0.3 is 0 Å². The Morgan fingerprint density at radius 2 is 1.77 bits per heavy atom. The summed E-state index contributed by atoms with van der Waals surface area (Å²) in [5, 5.41) is 3.18. The second-order valence-corrected chi connectivity index (χ2v) is 8.55. The van der Waals surface area contributed by atoms with E-state index in [2.05, 4.69) is 5.32 Å². The van der Waals surface area contributed by atoms with Crippen LogP contribution in [-0.2, 0) is 4.79 Å². The first-order chi connectivity index (χ1) is 12.6. The number of methoxy groups -OCH3 is 2. The molecule has 5 rings (SSSR count). The van der Waals surface area contributed by atoms with E-state index < -0.39 is 0 Å². The van der Waals surface area contributed by atoms with Crippen LogP contribution in [-0.4, -0.2) is 26.7 Å². The monoisotopic (exact) mass is 355 g/mol. The molecule has 140 valence electrons. The summed E-state index contributed by atoms with van der Waals surface area (Å²) in [7, 11) is 3.23. The van der Waals surface area contributed by atoms with Crippen molar-refractivity contribution >= 4 is 12.0 Å². The highest BCUT2D eigenvalue weighted by molar-refractivity contribution is 5.92. The van der Waals surface area contributed by atoms with Gasteiger partial charge in [-0.1, -0.05) is 12.1 Å². The molecule has 0 saturated heterocycles. The van der Waals surface area contributed by atoms with Gasteiger partial charge in [0.15, 0.2) is 11.5 Å². The second kappa shape index (κ2) is 6.98. The van der Waals surface area contributed by atoms with E-state index in [0.29, 0.717) is 16.9 Å². The number of hydrogen-bond acceptors (Lipinski definition) is 3. The van der Waals surface area contributed by atoms with Gasteiger partial charge in [-0.2, -0.15) is 0 Å². The summed E-state index contributed by atoms with van der Waals surface area (Å²) >= 11 is 0. The first-order valence-corrected chi connectivity index (χ1v) is 9.78. The van der Waals surface area contributed by atoms with E-state index in [9.17, 15) is 4.79 Å². The number of carbonyl (C=O) groups excluding carboxylic acids is 1. The van der Waals surface area contributed by atoms with E-state index in [0.717, 1.165) is 29.9 Å². The fraction of sp³-hybridized carbons (Fsp3) is 0.591. The quantitative estimate of drug-likeness (QED) is 0.783. The van der Waals surface area contributed by atoms with Crippen LogP contribution in [0, 0.1) is 23.2 Å². The maximum Gasteiger partial charge on any atom is 0.244 e. The molecule has 1 amide bonds. The molecule has 0 aliphatic heterocycles. The molecule has 0 aromatic heterocycles. The van der Waals surface area contributed by atoms with Gasteiger partial charge in [0.2, 0.25) is 5.91 Å². The number of amides is 1. The van der Waals surface area contributed by atoms with Crippen molar-refractivity contribution in [3.63, 3.8) is 0 Å². The zero-order valence-corrected chi connectivity index (χ0v) is 15.8. The number of benzene rings is 1. The van der Waals surface area contributed by atoms with Gasteiger partial charge in [-0.25, -0.2) is 0 Å². The molecule has 26 heavy (non-hydrogen) atoms. The summed E-state index contributed by atoms with van der Waals surface area (Å²) in [6.45, 7) is 0.828. The molecule has 4 heteroatoms. The number of hydrogen-bond donors (Lipinski definition) is 1. The van der Waals surface area contributed by atoms with Crippen molar-refractivity contribution in [2.45, 2.75) is 38.5 Å². The number of para-hydroxylation sites is 1. The van der Waals surface area contributed by atoms with Gasteiger partial charge in [0.25, 0.3) is 0 Å². The zero-order valence-electron chi connectivity index (χ0n) is 15.8. The van der Waals surface area contributed by atoms with Gasteiger partial charge in [-0.15, -0.1) is 0 Å². The van der Waals surface area contributed by atoms with E-state index in [1.807, 2.05) is 18.2 Å². The molecule has 4 aliphatic carbocycles. The predicted molar refractivity (Wildman–Crippen MR) is 102 cm³/mol. The highest BCUT2D eigenvalue weighted by atomic mass is 16.5. The highest BCUT2D eigenvalue weighted by Gasteiger charge is 2.50. The maximum atomic E-state index is 12.4. The average molecular weight is 355 g/mol. The Kier molecular flexibility index (Phi) is 4.68. The highest BCUT2D eigenvalue weighted by Crippen LogP contribution is 2.59. The molecule has 0 atom stereocenters. The van der Waals surface area contributed by atoms with Crippen molar-refractivity contribution in [2.75, 3.05) is 20.8 Å². The molecule has 4 saturated carbocycles. The molecule has 0 heterocycles. The molecule has 1 N–H and O–H groups in total. The first-order valence-electron chi connectivity index (χ1n) is 9.78. The largest absolute Gasteiger partial charge is 0.493 e. The van der Waals surface area contributed by atoms with Crippen LogP contribution in [0.3, 0.4) is 0 Å². The molecule has 4 bridgehead atoms. The summed E-state index contributed by atoms with van der Waals surface area (Å²) in [4.78, 5) is 12.4. The molecule has 4 fully saturated rings. The van der Waals surface area contributed by atoms with E-state index in [1.165, 1.54) is 38.5 Å². The van der Waals surface area contributed by atoms with E-state index in [1.54, 1.807) is 26.4 Å². The van der Waals surface area contributed by atoms with Crippen molar-refractivity contribution in [3.8, 4) is 11.5 Å². The minimum Gasteiger partial charge on any atom is -0.493 e. The summed E-state index contributed by atoms with van der Waals surface area (Å²) in [6, 6.07) is 5.67. The zero-order chi connectivity index (χ0) is 18.1. The molecule has 0 radical (unpaired) electrons. The van der Waals surface area contributed by atoms with Gasteiger partial charge < -0.3 is 14.8 Å². The SMILES string of the molecule is COc1cccc(/C=C/C(=O)NCC23CC4CC(CC(C4)C2)C3)c1OC. The van der Waals surface area contributed by atoms with Crippen LogP contribution in [0.15, 0.2) is 24.3 Å². The van der Waals surface area contributed by atoms with Gasteiger partial charge in [0, 0.05) is 18.2 Å². The van der Waals surface area contributed by atoms with E-state index >= 15 is 0 Å². The minimum atomic E-state index is -0.0226. The lowest BCUT2D eigenvalue weighted by Gasteiger charge is -2.56. The van der Waals surface area contributed by atoms with Gasteiger partial charge in [-0.3, -0.25) is 4.79 Å². The normalized spacial score (nSPS) is 32.0. The summed E-state index contributed by atoms with van der Waals surface area (Å²) in [5.74, 6) is 4.04. The Labute approximate surface area is 156 Å². The van der Waals surface area contributed by atoms with Crippen molar-refractivity contribution in [1.29, 1.82) is 0 Å². The minimum absolute atomic E-state index is 0.0226. The number of ether oxygens (including phenoxy) is 2. The average Bonchev–Trinajstić information content (AvgIpc) is 2.63. The molecule has 1 aromatic carbocycles. The summed E-state index contributed by atoms with van der Waals surface area (Å²) in [5.41, 5.74) is 1.21. The third kappa shape index (κ3) is 3.34. The molecule has 0 spiro atoms. The fourth-order valence-corrected chi connectivity index (χ4v) is 6.05. The Morgan fingerprint density at radius 3 is 2.35 bits per heavy atom. The summed E-state index contributed by atoms with van der Waals surface area (Å²) in [6.07, 6.45) is 11.6. The standard InChI is InChI=1S/C22H29NO3/c1-25-19-5-3-4-18(21(19)26-2)6-7-20(24)23-14-22-11-15-8-16(12-22)10-17(9-15)13-22/h3-7,15-17H,8-14H2,1-2H3,(H,23,24)/b7-6+. The van der Waals surface area contributed by atoms with Crippen molar-refractivity contribution in [3.05, 3.63) is 29.8 Å². The maximum absolute atomic E-state index is 12.4. The predicted octanol–water partition coefficient (Wildman–Crippen LogP) is 4.05. The number of rotatable bonds is 6. The smallest absolute Gasteiger partial charge is 0.244 e. The Morgan fingerprint density at radius 1 is 1.12 bits per heavy atom. The first kappa shape index (κ1) is 17.4. The lowest BCUT2D eigenvalue weighted by Crippen LogP contribution is -2.51. The van der Waals surface area contributed by atoms with Crippen LogP contribution in [0.4, 0.5) is 0 Å².